The van der Waals surface area contributed by atoms with Crippen LogP contribution < -0.4 is 5.19 Å². The van der Waals surface area contributed by atoms with Crippen LogP contribution in [-0.4, -0.2) is 9.76 Å². The highest BCUT2D eigenvalue weighted by atomic mass is 28.2. The minimum Gasteiger partial charge on any atom is -0.412 e. The maximum Gasteiger partial charge on any atom is 0.193 e. The van der Waals surface area contributed by atoms with Crippen molar-refractivity contribution < 1.29 is 4.43 Å². The molecule has 25 heavy (non-hydrogen) atoms. The van der Waals surface area contributed by atoms with Crippen molar-refractivity contribution >= 4 is 14.9 Å². The third kappa shape index (κ3) is 5.41. The Kier molecular flexibility index (Phi) is 6.21. The summed E-state index contributed by atoms with van der Waals surface area (Å²) in [6, 6.07) is 28.1. The van der Waals surface area contributed by atoms with Gasteiger partial charge in [-0.05, 0) is 43.0 Å². The van der Waals surface area contributed by atoms with E-state index >= 15 is 0 Å². The van der Waals surface area contributed by atoms with Crippen molar-refractivity contribution in [3.8, 4) is 0 Å². The van der Waals surface area contributed by atoms with Gasteiger partial charge in [0.25, 0.3) is 0 Å². The first-order valence-corrected chi connectivity index (χ1v) is 10.3. The molecule has 0 aliphatic heterocycles. The highest BCUT2D eigenvalue weighted by Gasteiger charge is 2.12. The van der Waals surface area contributed by atoms with E-state index in [1.54, 1.807) is 0 Å². The molecule has 0 aliphatic carbocycles. The molecule has 0 spiro atoms. The van der Waals surface area contributed by atoms with Gasteiger partial charge in [-0.1, -0.05) is 90.0 Å². The average molecular weight is 347 g/mol. The van der Waals surface area contributed by atoms with Crippen LogP contribution in [0.2, 0.25) is 0 Å². The molecule has 3 aromatic rings. The van der Waals surface area contributed by atoms with Crippen molar-refractivity contribution in [2.24, 2.45) is 0 Å². The topological polar surface area (TPSA) is 9.23 Å². The lowest BCUT2D eigenvalue weighted by Gasteiger charge is -2.19. The Bertz CT molecular complexity index is 763. The summed E-state index contributed by atoms with van der Waals surface area (Å²) in [7, 11) is -0.746. The summed E-state index contributed by atoms with van der Waals surface area (Å²) in [5.41, 5.74) is 5.31. The van der Waals surface area contributed by atoms with Crippen LogP contribution in [0.3, 0.4) is 0 Å². The lowest BCUT2D eigenvalue weighted by molar-refractivity contribution is 0.209. The minimum atomic E-state index is -0.746. The molecule has 0 N–H and O–H groups in total. The molecule has 0 bridgehead atoms. The Balaban J connectivity index is 1.70. The molecule has 0 heterocycles. The van der Waals surface area contributed by atoms with Crippen molar-refractivity contribution in [1.82, 2.24) is 0 Å². The van der Waals surface area contributed by atoms with Crippen molar-refractivity contribution in [3.63, 3.8) is 0 Å². The molecule has 0 amide bonds. The predicted octanol–water partition coefficient (Wildman–Crippen LogP) is 4.40. The van der Waals surface area contributed by atoms with Crippen LogP contribution in [0.25, 0.3) is 0 Å². The van der Waals surface area contributed by atoms with Gasteiger partial charge in [0.15, 0.2) is 9.76 Å². The normalized spacial score (nSPS) is 12.6. The number of benzene rings is 3. The number of hydrogen-bond acceptors (Lipinski definition) is 1. The van der Waals surface area contributed by atoms with E-state index in [1.165, 1.54) is 27.4 Å². The van der Waals surface area contributed by atoms with E-state index < -0.39 is 9.76 Å². The number of aryl methyl sites for hydroxylation is 3. The Morgan fingerprint density at radius 1 is 0.800 bits per heavy atom. The predicted molar refractivity (Wildman–Crippen MR) is 109 cm³/mol. The van der Waals surface area contributed by atoms with Gasteiger partial charge in [-0.15, -0.1) is 0 Å². The van der Waals surface area contributed by atoms with E-state index in [9.17, 15) is 0 Å². The maximum atomic E-state index is 6.48. The third-order valence-corrected chi connectivity index (χ3v) is 5.75. The van der Waals surface area contributed by atoms with E-state index in [1.807, 2.05) is 0 Å². The quantitative estimate of drug-likeness (QED) is 0.576. The van der Waals surface area contributed by atoms with Gasteiger partial charge >= 0.3 is 0 Å². The first-order chi connectivity index (χ1) is 12.2. The van der Waals surface area contributed by atoms with Crippen LogP contribution in [0, 0.1) is 13.8 Å². The molecule has 3 rings (SSSR count). The molecule has 0 radical (unpaired) electrons. The maximum absolute atomic E-state index is 6.48. The molecule has 1 atom stereocenters. The molecule has 1 nitrogen and oxygen atoms in total. The Morgan fingerprint density at radius 3 is 2.04 bits per heavy atom. The van der Waals surface area contributed by atoms with E-state index in [2.05, 4.69) is 92.7 Å². The molecule has 0 fully saturated rings. The molecule has 0 aromatic heterocycles. The van der Waals surface area contributed by atoms with Crippen molar-refractivity contribution in [2.75, 3.05) is 0 Å². The molecule has 2 heteroatoms. The molecule has 0 aliphatic rings. The van der Waals surface area contributed by atoms with Crippen molar-refractivity contribution in [2.45, 2.75) is 32.8 Å². The summed E-state index contributed by atoms with van der Waals surface area (Å²) in [5, 5.41) is 1.39. The van der Waals surface area contributed by atoms with Crippen LogP contribution in [0.5, 0.6) is 0 Å². The first kappa shape index (κ1) is 17.7. The monoisotopic (exact) mass is 346 g/mol. The number of hydrogen-bond donors (Lipinski definition) is 0. The smallest absolute Gasteiger partial charge is 0.193 e. The van der Waals surface area contributed by atoms with Crippen molar-refractivity contribution in [3.05, 3.63) is 101 Å². The standard InChI is InChI=1S/C23H26OSi/c1-18-15-19(2)17-22(16-18)25-24-23(21-11-7-4-8-12-21)14-13-20-9-5-3-6-10-20/h3-12,15-17,23H,13-14,25H2,1-2H3. The molecular weight excluding hydrogens is 320 g/mol. The summed E-state index contributed by atoms with van der Waals surface area (Å²) >= 11 is 0. The highest BCUT2D eigenvalue weighted by molar-refractivity contribution is 6.47. The molecule has 1 unspecified atom stereocenters. The van der Waals surface area contributed by atoms with Gasteiger partial charge < -0.3 is 4.43 Å². The van der Waals surface area contributed by atoms with E-state index in [0.29, 0.717) is 0 Å². The van der Waals surface area contributed by atoms with Gasteiger partial charge in [0.05, 0.1) is 6.10 Å². The summed E-state index contributed by atoms with van der Waals surface area (Å²) in [6.45, 7) is 4.32. The SMILES string of the molecule is Cc1cc(C)cc([SiH2]OC(CCc2ccccc2)c2ccccc2)c1. The average Bonchev–Trinajstić information content (AvgIpc) is 2.62. The van der Waals surface area contributed by atoms with Gasteiger partial charge in [0.1, 0.15) is 0 Å². The second-order valence-corrected chi connectivity index (χ2v) is 8.17. The lowest BCUT2D eigenvalue weighted by Crippen LogP contribution is -2.21. The zero-order valence-electron chi connectivity index (χ0n) is 15.1. The Morgan fingerprint density at radius 2 is 1.40 bits per heavy atom. The van der Waals surface area contributed by atoms with Gasteiger partial charge in [-0.3, -0.25) is 0 Å². The largest absolute Gasteiger partial charge is 0.412 e. The van der Waals surface area contributed by atoms with Gasteiger partial charge in [0.2, 0.25) is 0 Å². The Hall–Kier alpha value is -2.16. The fourth-order valence-electron chi connectivity index (χ4n) is 3.31. The van der Waals surface area contributed by atoms with Crippen LogP contribution in [0.1, 0.15) is 34.8 Å². The molecule has 128 valence electrons. The Labute approximate surface area is 153 Å². The van der Waals surface area contributed by atoms with Gasteiger partial charge in [0, 0.05) is 0 Å². The molecular formula is C23H26OSi. The summed E-state index contributed by atoms with van der Waals surface area (Å²) in [6.07, 6.45) is 2.24. The second-order valence-electron chi connectivity index (χ2n) is 6.73. The fourth-order valence-corrected chi connectivity index (χ4v) is 4.87. The first-order valence-electron chi connectivity index (χ1n) is 8.98. The fraction of sp³-hybridized carbons (Fsp3) is 0.217. The summed E-state index contributed by atoms with van der Waals surface area (Å²) in [4.78, 5) is 0. The summed E-state index contributed by atoms with van der Waals surface area (Å²) < 4.78 is 6.48. The third-order valence-electron chi connectivity index (χ3n) is 4.44. The molecule has 0 saturated carbocycles. The van der Waals surface area contributed by atoms with E-state index in [0.717, 1.165) is 12.8 Å². The lowest BCUT2D eigenvalue weighted by atomic mass is 10.0. The van der Waals surface area contributed by atoms with Crippen LogP contribution in [0.15, 0.2) is 78.9 Å². The zero-order valence-corrected chi connectivity index (χ0v) is 16.5. The molecule has 3 aromatic carbocycles. The van der Waals surface area contributed by atoms with Crippen LogP contribution in [-0.2, 0) is 10.8 Å². The van der Waals surface area contributed by atoms with E-state index in [-0.39, 0.29) is 6.10 Å². The van der Waals surface area contributed by atoms with Gasteiger partial charge in [-0.25, -0.2) is 0 Å². The molecule has 0 saturated heterocycles. The minimum absolute atomic E-state index is 0.175. The van der Waals surface area contributed by atoms with E-state index in [4.69, 9.17) is 4.43 Å². The zero-order chi connectivity index (χ0) is 17.5. The highest BCUT2D eigenvalue weighted by Crippen LogP contribution is 2.22. The van der Waals surface area contributed by atoms with Crippen LogP contribution >= 0.6 is 0 Å². The number of rotatable bonds is 7. The van der Waals surface area contributed by atoms with Crippen molar-refractivity contribution in [1.29, 1.82) is 0 Å². The summed E-state index contributed by atoms with van der Waals surface area (Å²) in [5.74, 6) is 0. The van der Waals surface area contributed by atoms with Gasteiger partial charge in [-0.2, -0.15) is 0 Å². The van der Waals surface area contributed by atoms with Crippen LogP contribution in [0.4, 0.5) is 0 Å². The second kappa shape index (κ2) is 8.79.